The number of benzene rings is 2. The summed E-state index contributed by atoms with van der Waals surface area (Å²) < 4.78 is 0. The first-order valence-electron chi connectivity index (χ1n) is 5.77. The minimum absolute atomic E-state index is 0.140. The van der Waals surface area contributed by atoms with Crippen molar-refractivity contribution in [2.24, 2.45) is 0 Å². The highest BCUT2D eigenvalue weighted by Gasteiger charge is 2.09. The molecule has 2 nitrogen and oxygen atoms in total. The van der Waals surface area contributed by atoms with E-state index < -0.39 is 5.97 Å². The van der Waals surface area contributed by atoms with E-state index in [2.05, 4.69) is 25.1 Å². The van der Waals surface area contributed by atoms with Crippen molar-refractivity contribution in [3.05, 3.63) is 64.2 Å². The van der Waals surface area contributed by atoms with Gasteiger partial charge in [0.25, 0.3) is 0 Å². The number of carbonyl (C=O) groups is 1. The van der Waals surface area contributed by atoms with E-state index in [-0.39, 0.29) is 10.6 Å². The molecule has 0 bridgehead atoms. The lowest BCUT2D eigenvalue weighted by atomic mass is 10.2. The van der Waals surface area contributed by atoms with Gasteiger partial charge in [-0.15, -0.1) is 11.8 Å². The van der Waals surface area contributed by atoms with Crippen molar-refractivity contribution in [2.75, 3.05) is 0 Å². The zero-order valence-corrected chi connectivity index (χ0v) is 12.0. The van der Waals surface area contributed by atoms with Crippen LogP contribution < -0.4 is 0 Å². The fourth-order valence-electron chi connectivity index (χ4n) is 1.73. The molecule has 0 aliphatic rings. The second kappa shape index (κ2) is 6.13. The second-order valence-corrected chi connectivity index (χ2v) is 5.68. The summed E-state index contributed by atoms with van der Waals surface area (Å²) in [6, 6.07) is 13.3. The molecule has 0 heterocycles. The van der Waals surface area contributed by atoms with E-state index in [1.807, 2.05) is 6.07 Å². The van der Waals surface area contributed by atoms with Crippen molar-refractivity contribution in [2.45, 2.75) is 17.6 Å². The predicted molar refractivity (Wildman–Crippen MR) is 79.2 cm³/mol. The van der Waals surface area contributed by atoms with E-state index in [1.54, 1.807) is 30.0 Å². The lowest BCUT2D eigenvalue weighted by Crippen LogP contribution is -1.96. The van der Waals surface area contributed by atoms with E-state index in [0.717, 1.165) is 10.6 Å². The maximum Gasteiger partial charge on any atom is 0.337 e. The molecule has 2 rings (SSSR count). The summed E-state index contributed by atoms with van der Waals surface area (Å²) in [5.74, 6) is -0.162. The summed E-state index contributed by atoms with van der Waals surface area (Å²) in [6.07, 6.45) is 0. The number of carboxylic acids is 1. The SMILES string of the molecule is Cc1cccc(CSc2ccc(C(=O)O)c(Cl)c2)c1. The number of aromatic carboxylic acids is 1. The monoisotopic (exact) mass is 292 g/mol. The van der Waals surface area contributed by atoms with Gasteiger partial charge in [-0.25, -0.2) is 4.79 Å². The molecule has 0 saturated carbocycles. The fourth-order valence-corrected chi connectivity index (χ4v) is 2.93. The number of rotatable bonds is 4. The summed E-state index contributed by atoms with van der Waals surface area (Å²) in [4.78, 5) is 11.8. The van der Waals surface area contributed by atoms with Gasteiger partial charge in [-0.1, -0.05) is 41.4 Å². The fraction of sp³-hybridized carbons (Fsp3) is 0.133. The Kier molecular flexibility index (Phi) is 4.51. The minimum atomic E-state index is -1.000. The van der Waals surface area contributed by atoms with Crippen molar-refractivity contribution < 1.29 is 9.90 Å². The third-order valence-corrected chi connectivity index (χ3v) is 4.04. The number of thioether (sulfide) groups is 1. The van der Waals surface area contributed by atoms with Crippen molar-refractivity contribution in [1.29, 1.82) is 0 Å². The van der Waals surface area contributed by atoms with Crippen LogP contribution in [0, 0.1) is 6.92 Å². The maximum absolute atomic E-state index is 10.9. The highest BCUT2D eigenvalue weighted by molar-refractivity contribution is 7.98. The molecule has 0 amide bonds. The van der Waals surface area contributed by atoms with Crippen LogP contribution in [-0.4, -0.2) is 11.1 Å². The quantitative estimate of drug-likeness (QED) is 0.834. The molecule has 0 aromatic heterocycles. The molecule has 0 spiro atoms. The Hall–Kier alpha value is -1.45. The average molecular weight is 293 g/mol. The summed E-state index contributed by atoms with van der Waals surface area (Å²) in [5, 5.41) is 9.18. The molecule has 0 unspecified atom stereocenters. The van der Waals surface area contributed by atoms with Crippen LogP contribution in [0.2, 0.25) is 5.02 Å². The van der Waals surface area contributed by atoms with Crippen molar-refractivity contribution in [3.8, 4) is 0 Å². The molecule has 0 atom stereocenters. The second-order valence-electron chi connectivity index (χ2n) is 4.22. The summed E-state index contributed by atoms with van der Waals surface area (Å²) in [7, 11) is 0. The maximum atomic E-state index is 10.9. The molecular weight excluding hydrogens is 280 g/mol. The van der Waals surface area contributed by atoms with Crippen molar-refractivity contribution >= 4 is 29.3 Å². The van der Waals surface area contributed by atoms with Gasteiger partial charge in [0.05, 0.1) is 10.6 Å². The number of halogens is 1. The molecule has 1 N–H and O–H groups in total. The van der Waals surface area contributed by atoms with Gasteiger partial charge in [-0.05, 0) is 30.7 Å². The van der Waals surface area contributed by atoms with Crippen molar-refractivity contribution in [3.63, 3.8) is 0 Å². The Morgan fingerprint density at radius 1 is 1.26 bits per heavy atom. The molecule has 0 aliphatic carbocycles. The van der Waals surface area contributed by atoms with Gasteiger partial charge in [0.15, 0.2) is 0 Å². The molecule has 19 heavy (non-hydrogen) atoms. The normalized spacial score (nSPS) is 10.4. The lowest BCUT2D eigenvalue weighted by Gasteiger charge is -2.05. The first-order chi connectivity index (χ1) is 9.06. The summed E-state index contributed by atoms with van der Waals surface area (Å²) in [5.41, 5.74) is 2.61. The zero-order chi connectivity index (χ0) is 13.8. The molecule has 0 fully saturated rings. The summed E-state index contributed by atoms with van der Waals surface area (Å²) in [6.45, 7) is 2.06. The predicted octanol–water partition coefficient (Wildman–Crippen LogP) is 4.64. The van der Waals surface area contributed by atoms with Crippen LogP contribution in [0.15, 0.2) is 47.4 Å². The van der Waals surface area contributed by atoms with Crippen molar-refractivity contribution in [1.82, 2.24) is 0 Å². The van der Waals surface area contributed by atoms with E-state index in [9.17, 15) is 4.79 Å². The third-order valence-electron chi connectivity index (χ3n) is 2.66. The topological polar surface area (TPSA) is 37.3 Å². The number of hydrogen-bond acceptors (Lipinski definition) is 2. The Balaban J connectivity index is 2.08. The Morgan fingerprint density at radius 3 is 2.68 bits per heavy atom. The van der Waals surface area contributed by atoms with Gasteiger partial charge in [0, 0.05) is 10.6 Å². The molecule has 2 aromatic carbocycles. The Morgan fingerprint density at radius 2 is 2.05 bits per heavy atom. The molecule has 0 aliphatic heterocycles. The Labute approximate surface area is 121 Å². The largest absolute Gasteiger partial charge is 0.478 e. The zero-order valence-electron chi connectivity index (χ0n) is 10.4. The van der Waals surface area contributed by atoms with E-state index in [4.69, 9.17) is 16.7 Å². The van der Waals surface area contributed by atoms with Crippen LogP contribution in [0.5, 0.6) is 0 Å². The first-order valence-corrected chi connectivity index (χ1v) is 7.14. The van der Waals surface area contributed by atoms with E-state index in [0.29, 0.717) is 0 Å². The van der Waals surface area contributed by atoms with Gasteiger partial charge in [-0.3, -0.25) is 0 Å². The standard InChI is InChI=1S/C15H13ClO2S/c1-10-3-2-4-11(7-10)9-19-12-5-6-13(15(17)18)14(16)8-12/h2-8H,9H2,1H3,(H,17,18). The van der Waals surface area contributed by atoms with Crippen LogP contribution in [0.3, 0.4) is 0 Å². The van der Waals surface area contributed by atoms with Crippen LogP contribution >= 0.6 is 23.4 Å². The van der Waals surface area contributed by atoms with Crippen LogP contribution in [0.1, 0.15) is 21.5 Å². The molecular formula is C15H13ClO2S. The summed E-state index contributed by atoms with van der Waals surface area (Å²) >= 11 is 7.58. The van der Waals surface area contributed by atoms with Gasteiger partial charge < -0.3 is 5.11 Å². The van der Waals surface area contributed by atoms with Crippen LogP contribution in [0.4, 0.5) is 0 Å². The highest BCUT2D eigenvalue weighted by atomic mass is 35.5. The molecule has 4 heteroatoms. The smallest absolute Gasteiger partial charge is 0.337 e. The van der Waals surface area contributed by atoms with Gasteiger partial charge >= 0.3 is 5.97 Å². The van der Waals surface area contributed by atoms with E-state index >= 15 is 0 Å². The molecule has 0 saturated heterocycles. The number of aryl methyl sites for hydroxylation is 1. The van der Waals surface area contributed by atoms with Crippen LogP contribution in [0.25, 0.3) is 0 Å². The minimum Gasteiger partial charge on any atom is -0.478 e. The molecule has 98 valence electrons. The number of carboxylic acid groups (broad SMARTS) is 1. The van der Waals surface area contributed by atoms with Gasteiger partial charge in [0.2, 0.25) is 0 Å². The van der Waals surface area contributed by atoms with E-state index in [1.165, 1.54) is 11.1 Å². The number of hydrogen-bond donors (Lipinski definition) is 1. The highest BCUT2D eigenvalue weighted by Crippen LogP contribution is 2.27. The van der Waals surface area contributed by atoms with Gasteiger partial charge in [0.1, 0.15) is 0 Å². The molecule has 2 aromatic rings. The lowest BCUT2D eigenvalue weighted by molar-refractivity contribution is 0.0697. The van der Waals surface area contributed by atoms with Gasteiger partial charge in [-0.2, -0.15) is 0 Å². The average Bonchev–Trinajstić information content (AvgIpc) is 2.36. The third kappa shape index (κ3) is 3.75. The van der Waals surface area contributed by atoms with Crippen LogP contribution in [-0.2, 0) is 5.75 Å². The Bertz CT molecular complexity index is 611. The first kappa shape index (κ1) is 14.0. The molecule has 0 radical (unpaired) electrons.